The third kappa shape index (κ3) is 4.56. The Morgan fingerprint density at radius 1 is 0.969 bits per heavy atom. The summed E-state index contributed by atoms with van der Waals surface area (Å²) in [6.45, 7) is 0.218. The number of hydrazine groups is 1. The number of methoxy groups -OCH3 is 1. The van der Waals surface area contributed by atoms with Gasteiger partial charge in [-0.15, -0.1) is 0 Å². The molecule has 3 aromatic carbocycles. The molecule has 8 heteroatoms. The molecule has 3 aromatic rings. The number of rotatable bonds is 6. The summed E-state index contributed by atoms with van der Waals surface area (Å²) in [4.78, 5) is 25.5. The van der Waals surface area contributed by atoms with Crippen molar-refractivity contribution in [3.05, 3.63) is 93.5 Å². The number of nitrogens with one attached hydrogen (secondary N) is 1. The summed E-state index contributed by atoms with van der Waals surface area (Å²) in [5.41, 5.74) is 4.48. The number of para-hydroxylation sites is 1. The number of hydrogen-bond acceptors (Lipinski definition) is 4. The number of carbonyl (C=O) groups excluding carboxylic acids is 2. The maximum atomic E-state index is 12.9. The third-order valence-corrected chi connectivity index (χ3v) is 5.54. The highest BCUT2D eigenvalue weighted by Crippen LogP contribution is 2.30. The second-order valence-electron chi connectivity index (χ2n) is 6.92. The van der Waals surface area contributed by atoms with Gasteiger partial charge in [0.1, 0.15) is 23.7 Å². The predicted octanol–water partition coefficient (Wildman–Crippen LogP) is 5.04. The van der Waals surface area contributed by atoms with Gasteiger partial charge in [-0.05, 0) is 54.1 Å². The Bertz CT molecular complexity index is 1210. The first-order valence-corrected chi connectivity index (χ1v) is 10.4. The highest BCUT2D eigenvalue weighted by molar-refractivity contribution is 6.42. The molecular weight excluding hydrogens is 451 g/mol. The van der Waals surface area contributed by atoms with Crippen molar-refractivity contribution in [2.45, 2.75) is 6.61 Å². The van der Waals surface area contributed by atoms with Crippen molar-refractivity contribution in [1.82, 2.24) is 5.43 Å². The minimum Gasteiger partial charge on any atom is -0.497 e. The van der Waals surface area contributed by atoms with E-state index in [1.165, 1.54) is 18.2 Å². The van der Waals surface area contributed by atoms with Gasteiger partial charge >= 0.3 is 0 Å². The molecule has 1 N–H and O–H groups in total. The molecule has 2 amide bonds. The summed E-state index contributed by atoms with van der Waals surface area (Å²) in [5, 5.41) is 2.10. The molecule has 32 heavy (non-hydrogen) atoms. The Kier molecular flexibility index (Phi) is 6.35. The lowest BCUT2D eigenvalue weighted by molar-refractivity contribution is -0.117. The zero-order valence-electron chi connectivity index (χ0n) is 17.0. The largest absolute Gasteiger partial charge is 0.497 e. The second kappa shape index (κ2) is 9.34. The summed E-state index contributed by atoms with van der Waals surface area (Å²) < 4.78 is 11.2. The van der Waals surface area contributed by atoms with Gasteiger partial charge in [-0.1, -0.05) is 47.5 Å². The van der Waals surface area contributed by atoms with Crippen LogP contribution in [0.1, 0.15) is 11.1 Å². The lowest BCUT2D eigenvalue weighted by atomic mass is 10.1. The molecule has 1 heterocycles. The molecule has 0 unspecified atom stereocenters. The quantitative estimate of drug-likeness (QED) is 0.406. The molecule has 0 radical (unpaired) electrons. The average molecular weight is 469 g/mol. The maximum absolute atomic E-state index is 12.9. The van der Waals surface area contributed by atoms with Gasteiger partial charge in [-0.2, -0.15) is 0 Å². The normalized spacial score (nSPS) is 14.6. The van der Waals surface area contributed by atoms with Crippen LogP contribution >= 0.6 is 23.2 Å². The van der Waals surface area contributed by atoms with Crippen LogP contribution in [0.4, 0.5) is 5.69 Å². The lowest BCUT2D eigenvalue weighted by Crippen LogP contribution is -2.35. The zero-order valence-corrected chi connectivity index (χ0v) is 18.5. The number of hydrogen-bond donors (Lipinski definition) is 1. The number of carbonyl (C=O) groups is 2. The average Bonchev–Trinajstić information content (AvgIpc) is 3.09. The Morgan fingerprint density at radius 3 is 2.47 bits per heavy atom. The Labute approximate surface area is 194 Å². The van der Waals surface area contributed by atoms with Crippen LogP contribution < -0.4 is 19.9 Å². The molecule has 1 aliphatic rings. The smallest absolute Gasteiger partial charge is 0.282 e. The van der Waals surface area contributed by atoms with Crippen molar-refractivity contribution in [1.29, 1.82) is 0 Å². The Balaban J connectivity index is 1.63. The van der Waals surface area contributed by atoms with Gasteiger partial charge in [0.25, 0.3) is 11.8 Å². The van der Waals surface area contributed by atoms with Gasteiger partial charge < -0.3 is 9.47 Å². The highest BCUT2D eigenvalue weighted by Gasteiger charge is 2.34. The first-order valence-electron chi connectivity index (χ1n) is 9.63. The minimum absolute atomic E-state index is 0.0125. The molecule has 0 atom stereocenters. The molecule has 4 rings (SSSR count). The first kappa shape index (κ1) is 21.7. The van der Waals surface area contributed by atoms with Crippen LogP contribution in [0.3, 0.4) is 0 Å². The van der Waals surface area contributed by atoms with Crippen molar-refractivity contribution >= 4 is 46.8 Å². The summed E-state index contributed by atoms with van der Waals surface area (Å²) in [6, 6.07) is 19.2. The minimum atomic E-state index is -0.503. The SMILES string of the molecule is COc1ccc(OCc2ccc(Cl)c(Cl)c2)c(C=C2C(=O)NN(c3ccccc3)C2=O)c1. The van der Waals surface area contributed by atoms with E-state index in [2.05, 4.69) is 5.43 Å². The van der Waals surface area contributed by atoms with E-state index >= 15 is 0 Å². The standard InChI is InChI=1S/C24H18Cl2N2O4/c1-31-18-8-10-22(32-14-15-7-9-20(25)21(26)11-15)16(12-18)13-19-23(29)27-28(24(19)30)17-5-3-2-4-6-17/h2-13H,14H2,1H3,(H,27,29). The number of benzene rings is 3. The summed E-state index contributed by atoms with van der Waals surface area (Å²) >= 11 is 12.0. The van der Waals surface area contributed by atoms with E-state index in [4.69, 9.17) is 32.7 Å². The molecule has 0 spiro atoms. The molecule has 1 fully saturated rings. The van der Waals surface area contributed by atoms with Crippen molar-refractivity contribution in [2.24, 2.45) is 0 Å². The van der Waals surface area contributed by atoms with Gasteiger partial charge in [-0.25, -0.2) is 5.01 Å². The van der Waals surface area contributed by atoms with E-state index in [-0.39, 0.29) is 12.2 Å². The van der Waals surface area contributed by atoms with Gasteiger partial charge in [0.2, 0.25) is 0 Å². The molecule has 0 saturated carbocycles. The van der Waals surface area contributed by atoms with E-state index in [0.29, 0.717) is 32.8 Å². The van der Waals surface area contributed by atoms with Gasteiger partial charge in [0.05, 0.1) is 22.8 Å². The molecule has 0 bridgehead atoms. The summed E-state index contributed by atoms with van der Waals surface area (Å²) in [6.07, 6.45) is 1.49. The van der Waals surface area contributed by atoms with Crippen molar-refractivity contribution in [3.63, 3.8) is 0 Å². The van der Waals surface area contributed by atoms with Crippen LogP contribution in [0.5, 0.6) is 11.5 Å². The number of ether oxygens (including phenoxy) is 2. The monoisotopic (exact) mass is 468 g/mol. The van der Waals surface area contributed by atoms with Crippen molar-refractivity contribution < 1.29 is 19.1 Å². The molecule has 6 nitrogen and oxygen atoms in total. The van der Waals surface area contributed by atoms with Crippen LogP contribution in [0.2, 0.25) is 10.0 Å². The molecule has 1 saturated heterocycles. The van der Waals surface area contributed by atoms with Crippen molar-refractivity contribution in [2.75, 3.05) is 12.1 Å². The van der Waals surface area contributed by atoms with Crippen LogP contribution in [0.25, 0.3) is 6.08 Å². The Morgan fingerprint density at radius 2 is 1.75 bits per heavy atom. The first-order chi connectivity index (χ1) is 15.5. The summed E-state index contributed by atoms with van der Waals surface area (Å²) in [7, 11) is 1.53. The number of anilines is 1. The van der Waals surface area contributed by atoms with Crippen LogP contribution in [-0.4, -0.2) is 18.9 Å². The van der Waals surface area contributed by atoms with E-state index in [0.717, 1.165) is 5.56 Å². The van der Waals surface area contributed by atoms with Crippen LogP contribution in [0.15, 0.2) is 72.3 Å². The fourth-order valence-corrected chi connectivity index (χ4v) is 3.48. The van der Waals surface area contributed by atoms with Gasteiger partial charge in [0, 0.05) is 5.56 Å². The van der Waals surface area contributed by atoms with E-state index in [1.54, 1.807) is 54.6 Å². The number of halogens is 2. The van der Waals surface area contributed by atoms with Gasteiger partial charge in [-0.3, -0.25) is 15.0 Å². The van der Waals surface area contributed by atoms with E-state index < -0.39 is 11.8 Å². The third-order valence-electron chi connectivity index (χ3n) is 4.80. The van der Waals surface area contributed by atoms with E-state index in [9.17, 15) is 9.59 Å². The molecule has 162 valence electrons. The molecule has 0 aliphatic carbocycles. The maximum Gasteiger partial charge on any atom is 0.282 e. The Hall–Kier alpha value is -3.48. The van der Waals surface area contributed by atoms with E-state index in [1.807, 2.05) is 12.1 Å². The second-order valence-corrected chi connectivity index (χ2v) is 7.73. The fourth-order valence-electron chi connectivity index (χ4n) is 3.16. The molecule has 1 aliphatic heterocycles. The molecular formula is C24H18Cl2N2O4. The molecule has 0 aromatic heterocycles. The topological polar surface area (TPSA) is 67.9 Å². The fraction of sp³-hybridized carbons (Fsp3) is 0.0833. The number of nitrogens with zero attached hydrogens (tertiary/aromatic N) is 1. The lowest BCUT2D eigenvalue weighted by Gasteiger charge is -2.14. The van der Waals surface area contributed by atoms with Crippen LogP contribution in [0, 0.1) is 0 Å². The van der Waals surface area contributed by atoms with Gasteiger partial charge in [0.15, 0.2) is 0 Å². The summed E-state index contributed by atoms with van der Waals surface area (Å²) in [5.74, 6) is 0.0733. The highest BCUT2D eigenvalue weighted by atomic mass is 35.5. The predicted molar refractivity (Wildman–Crippen MR) is 124 cm³/mol. The van der Waals surface area contributed by atoms with Crippen LogP contribution in [-0.2, 0) is 16.2 Å². The van der Waals surface area contributed by atoms with Crippen molar-refractivity contribution in [3.8, 4) is 11.5 Å². The number of amides is 2. The zero-order chi connectivity index (χ0) is 22.7.